The van der Waals surface area contributed by atoms with Gasteiger partial charge >= 0.3 is 0 Å². The highest BCUT2D eigenvalue weighted by molar-refractivity contribution is 7.26. The summed E-state index contributed by atoms with van der Waals surface area (Å²) < 4.78 is 2.72. The van der Waals surface area contributed by atoms with Crippen LogP contribution in [-0.4, -0.2) is 4.98 Å². The van der Waals surface area contributed by atoms with Crippen molar-refractivity contribution >= 4 is 31.5 Å². The lowest BCUT2D eigenvalue weighted by Crippen LogP contribution is -1.85. The second-order valence-electron chi connectivity index (χ2n) is 6.64. The zero-order valence-electron chi connectivity index (χ0n) is 14.7. The zero-order chi connectivity index (χ0) is 17.1. The molecule has 0 amide bonds. The van der Waals surface area contributed by atoms with E-state index in [-0.39, 0.29) is 0 Å². The summed E-state index contributed by atoms with van der Waals surface area (Å²) in [6.07, 6.45) is 8.33. The van der Waals surface area contributed by atoms with E-state index in [1.54, 1.807) is 0 Å². The Bertz CT molecular complexity index is 985. The normalized spacial score (nSPS) is 11.4. The molecule has 2 aromatic carbocycles. The van der Waals surface area contributed by atoms with Crippen molar-refractivity contribution in [2.24, 2.45) is 0 Å². The third kappa shape index (κ3) is 3.32. The lowest BCUT2D eigenvalue weighted by Gasteiger charge is -2.03. The van der Waals surface area contributed by atoms with Gasteiger partial charge in [0.05, 0.1) is 5.69 Å². The Hall–Kier alpha value is -2.19. The molecule has 0 radical (unpaired) electrons. The van der Waals surface area contributed by atoms with Gasteiger partial charge in [-0.1, -0.05) is 56.5 Å². The lowest BCUT2D eigenvalue weighted by atomic mass is 10.0. The molecule has 0 unspecified atom stereocenters. The van der Waals surface area contributed by atoms with Crippen molar-refractivity contribution in [3.05, 3.63) is 66.4 Å². The van der Waals surface area contributed by atoms with Gasteiger partial charge in [-0.3, -0.25) is 4.98 Å². The summed E-state index contributed by atoms with van der Waals surface area (Å²) in [5.74, 6) is 0. The molecule has 0 saturated heterocycles. The Kier molecular flexibility index (Phi) is 4.80. The fourth-order valence-corrected chi connectivity index (χ4v) is 4.69. The largest absolute Gasteiger partial charge is 0.256 e. The van der Waals surface area contributed by atoms with Crippen molar-refractivity contribution in [3.63, 3.8) is 0 Å². The van der Waals surface area contributed by atoms with Gasteiger partial charge in [-0.05, 0) is 42.7 Å². The molecule has 25 heavy (non-hydrogen) atoms. The summed E-state index contributed by atoms with van der Waals surface area (Å²) in [6, 6.07) is 19.7. The van der Waals surface area contributed by atoms with Crippen molar-refractivity contribution in [1.29, 1.82) is 0 Å². The fourth-order valence-electron chi connectivity index (χ4n) is 3.48. The molecule has 0 aliphatic carbocycles. The smallest absolute Gasteiger partial charge is 0.0716 e. The number of unbranched alkanes of at least 4 members (excludes halogenated alkanes) is 3. The number of fused-ring (bicyclic) bond motifs is 3. The van der Waals surface area contributed by atoms with Crippen molar-refractivity contribution in [2.75, 3.05) is 0 Å². The number of benzene rings is 2. The van der Waals surface area contributed by atoms with Crippen LogP contribution in [0.5, 0.6) is 0 Å². The van der Waals surface area contributed by atoms with Gasteiger partial charge in [-0.15, -0.1) is 11.3 Å². The van der Waals surface area contributed by atoms with Crippen LogP contribution in [0.4, 0.5) is 0 Å². The van der Waals surface area contributed by atoms with Crippen LogP contribution in [0.25, 0.3) is 31.4 Å². The second-order valence-corrected chi connectivity index (χ2v) is 7.69. The highest BCUT2D eigenvalue weighted by Crippen LogP contribution is 2.39. The number of hydrogen-bond donors (Lipinski definition) is 0. The first-order valence-electron chi connectivity index (χ1n) is 9.22. The third-order valence-electron chi connectivity index (χ3n) is 4.82. The van der Waals surface area contributed by atoms with Crippen LogP contribution in [0.15, 0.2) is 60.8 Å². The van der Waals surface area contributed by atoms with E-state index in [0.29, 0.717) is 0 Å². The molecule has 0 N–H and O–H groups in total. The topological polar surface area (TPSA) is 12.9 Å². The number of thiophene rings is 1. The number of aromatic nitrogens is 1. The van der Waals surface area contributed by atoms with Gasteiger partial charge in [-0.25, -0.2) is 0 Å². The maximum Gasteiger partial charge on any atom is 0.0716 e. The van der Waals surface area contributed by atoms with Crippen LogP contribution in [0.1, 0.15) is 38.2 Å². The molecule has 2 aromatic heterocycles. The molecule has 2 heterocycles. The quantitative estimate of drug-likeness (QED) is 0.336. The van der Waals surface area contributed by atoms with E-state index in [0.717, 1.165) is 5.69 Å². The minimum absolute atomic E-state index is 1.06. The highest BCUT2D eigenvalue weighted by Gasteiger charge is 2.11. The maximum absolute atomic E-state index is 4.55. The van der Waals surface area contributed by atoms with Crippen LogP contribution in [-0.2, 0) is 6.42 Å². The molecule has 0 aliphatic heterocycles. The average molecular weight is 346 g/mol. The molecule has 0 bridgehead atoms. The minimum Gasteiger partial charge on any atom is -0.256 e. The zero-order valence-corrected chi connectivity index (χ0v) is 15.5. The molecule has 1 nitrogen and oxygen atoms in total. The standard InChI is InChI=1S/C23H23NS/c1-2-3-4-5-9-17-13-14-22-20(16-17)18-10-8-11-19(23(18)25-22)21-12-6-7-15-24-21/h6-8,10-16H,2-5,9H2,1H3. The van der Waals surface area contributed by atoms with Gasteiger partial charge in [0.25, 0.3) is 0 Å². The summed E-state index contributed by atoms with van der Waals surface area (Å²) in [5.41, 5.74) is 3.76. The van der Waals surface area contributed by atoms with Crippen LogP contribution < -0.4 is 0 Å². The summed E-state index contributed by atoms with van der Waals surface area (Å²) in [7, 11) is 0. The molecule has 2 heteroatoms. The van der Waals surface area contributed by atoms with E-state index < -0.39 is 0 Å². The first kappa shape index (κ1) is 16.3. The van der Waals surface area contributed by atoms with Crippen LogP contribution in [0.2, 0.25) is 0 Å². The van der Waals surface area contributed by atoms with Crippen LogP contribution in [0, 0.1) is 0 Å². The molecular weight excluding hydrogens is 322 g/mol. The molecule has 0 aliphatic rings. The van der Waals surface area contributed by atoms with Gasteiger partial charge in [0, 0.05) is 31.9 Å². The molecule has 0 saturated carbocycles. The SMILES string of the molecule is CCCCCCc1ccc2sc3c(-c4ccccn4)cccc3c2c1. The summed E-state index contributed by atoms with van der Waals surface area (Å²) in [6.45, 7) is 2.27. The number of nitrogens with zero attached hydrogens (tertiary/aromatic N) is 1. The predicted octanol–water partition coefficient (Wildman–Crippen LogP) is 7.24. The molecule has 0 atom stereocenters. The second kappa shape index (κ2) is 7.37. The first-order chi connectivity index (χ1) is 12.4. The van der Waals surface area contributed by atoms with Crippen LogP contribution >= 0.6 is 11.3 Å². The van der Waals surface area contributed by atoms with E-state index in [9.17, 15) is 0 Å². The summed E-state index contributed by atoms with van der Waals surface area (Å²) in [5, 5.41) is 2.75. The molecule has 4 aromatic rings. The summed E-state index contributed by atoms with van der Waals surface area (Å²) in [4.78, 5) is 4.55. The molecule has 4 rings (SSSR count). The van der Waals surface area contributed by atoms with Gasteiger partial charge in [0.15, 0.2) is 0 Å². The van der Waals surface area contributed by atoms with Gasteiger partial charge < -0.3 is 0 Å². The van der Waals surface area contributed by atoms with Gasteiger partial charge in [0.2, 0.25) is 0 Å². The van der Waals surface area contributed by atoms with Crippen LogP contribution in [0.3, 0.4) is 0 Å². The lowest BCUT2D eigenvalue weighted by molar-refractivity contribution is 0.667. The van der Waals surface area contributed by atoms with E-state index in [1.807, 2.05) is 23.6 Å². The van der Waals surface area contributed by atoms with E-state index in [2.05, 4.69) is 60.4 Å². The summed E-state index contributed by atoms with van der Waals surface area (Å²) >= 11 is 1.88. The van der Waals surface area contributed by atoms with Crippen molar-refractivity contribution in [2.45, 2.75) is 39.0 Å². The monoisotopic (exact) mass is 345 g/mol. The van der Waals surface area contributed by atoms with Gasteiger partial charge in [0.1, 0.15) is 0 Å². The van der Waals surface area contributed by atoms with Crippen molar-refractivity contribution in [1.82, 2.24) is 4.98 Å². The maximum atomic E-state index is 4.55. The average Bonchev–Trinajstić information content (AvgIpc) is 3.04. The molecule has 0 fully saturated rings. The Morgan fingerprint density at radius 3 is 2.68 bits per heavy atom. The molecular formula is C23H23NS. The Morgan fingerprint density at radius 1 is 0.880 bits per heavy atom. The first-order valence-corrected chi connectivity index (χ1v) is 10.0. The third-order valence-corrected chi connectivity index (χ3v) is 6.04. The fraction of sp³-hybridized carbons (Fsp3) is 0.261. The number of aryl methyl sites for hydroxylation is 1. The van der Waals surface area contributed by atoms with E-state index in [1.165, 1.54) is 63.4 Å². The predicted molar refractivity (Wildman–Crippen MR) is 110 cm³/mol. The van der Waals surface area contributed by atoms with Crippen molar-refractivity contribution < 1.29 is 0 Å². The highest BCUT2D eigenvalue weighted by atomic mass is 32.1. The number of hydrogen-bond acceptors (Lipinski definition) is 2. The Morgan fingerprint density at radius 2 is 1.84 bits per heavy atom. The Balaban J connectivity index is 1.75. The number of pyridine rings is 1. The molecule has 0 spiro atoms. The Labute approximate surface area is 153 Å². The minimum atomic E-state index is 1.06. The number of rotatable bonds is 6. The van der Waals surface area contributed by atoms with E-state index >= 15 is 0 Å². The van der Waals surface area contributed by atoms with Crippen molar-refractivity contribution in [3.8, 4) is 11.3 Å². The van der Waals surface area contributed by atoms with E-state index in [4.69, 9.17) is 0 Å². The molecule has 126 valence electrons. The van der Waals surface area contributed by atoms with Gasteiger partial charge in [-0.2, -0.15) is 0 Å².